The van der Waals surface area contributed by atoms with E-state index in [-0.39, 0.29) is 0 Å². The van der Waals surface area contributed by atoms with Gasteiger partial charge in [0, 0.05) is 24.2 Å². The van der Waals surface area contributed by atoms with E-state index in [9.17, 15) is 0 Å². The van der Waals surface area contributed by atoms with Crippen LogP contribution in [0.2, 0.25) is 0 Å². The van der Waals surface area contributed by atoms with Crippen LogP contribution in [0, 0.1) is 0 Å². The molecule has 1 aliphatic heterocycles. The van der Waals surface area contributed by atoms with Gasteiger partial charge >= 0.3 is 0 Å². The summed E-state index contributed by atoms with van der Waals surface area (Å²) in [5.74, 6) is 0.693. The summed E-state index contributed by atoms with van der Waals surface area (Å²) in [7, 11) is 0. The highest BCUT2D eigenvalue weighted by atomic mass is 15.2. The van der Waals surface area contributed by atoms with Crippen molar-refractivity contribution in [2.24, 2.45) is 10.7 Å². The van der Waals surface area contributed by atoms with Crippen LogP contribution in [0.4, 0.5) is 5.69 Å². The molecule has 1 heterocycles. The highest BCUT2D eigenvalue weighted by Crippen LogP contribution is 2.26. The Morgan fingerprint density at radius 2 is 2.14 bits per heavy atom. The summed E-state index contributed by atoms with van der Waals surface area (Å²) in [6.45, 7) is 3.74. The normalized spacial score (nSPS) is 16.9. The topological polar surface area (TPSA) is 41.6 Å². The van der Waals surface area contributed by atoms with Crippen LogP contribution in [0.15, 0.2) is 54.1 Å². The van der Waals surface area contributed by atoms with Crippen LogP contribution in [-0.2, 0) is 0 Å². The van der Waals surface area contributed by atoms with Crippen molar-refractivity contribution < 1.29 is 0 Å². The summed E-state index contributed by atoms with van der Waals surface area (Å²) in [6, 6.07) is 7.96. The first-order valence-corrected chi connectivity index (χ1v) is 4.33. The van der Waals surface area contributed by atoms with Gasteiger partial charge in [0.1, 0.15) is 0 Å². The number of nitrogens with zero attached hydrogens (tertiary/aromatic N) is 2. The van der Waals surface area contributed by atoms with Gasteiger partial charge in [-0.05, 0) is 6.07 Å². The van der Waals surface area contributed by atoms with Crippen molar-refractivity contribution in [1.82, 2.24) is 0 Å². The van der Waals surface area contributed by atoms with Crippen molar-refractivity contribution in [3.8, 4) is 0 Å². The maximum atomic E-state index is 5.46. The average Bonchev–Trinajstić information content (AvgIpc) is 2.27. The quantitative estimate of drug-likeness (QED) is 0.725. The summed E-state index contributed by atoms with van der Waals surface area (Å²) < 4.78 is 0. The number of nitrogens with two attached hydrogens (primary N) is 1. The molecule has 1 aromatic carbocycles. The van der Waals surface area contributed by atoms with Crippen molar-refractivity contribution in [3.05, 3.63) is 54.6 Å². The summed E-state index contributed by atoms with van der Waals surface area (Å²) in [5, 5.41) is 0. The molecular weight excluding hydrogens is 174 g/mol. The Balaban J connectivity index is 2.58. The lowest BCUT2D eigenvalue weighted by atomic mass is 10.1. The third-order valence-electron chi connectivity index (χ3n) is 2.11. The van der Waals surface area contributed by atoms with Crippen LogP contribution in [0.5, 0.6) is 0 Å². The zero-order chi connectivity index (χ0) is 9.97. The first-order valence-electron chi connectivity index (χ1n) is 4.33. The Bertz CT molecular complexity index is 418. The van der Waals surface area contributed by atoms with E-state index in [0.29, 0.717) is 5.82 Å². The molecule has 0 bridgehead atoms. The zero-order valence-electron chi connectivity index (χ0n) is 7.72. The molecule has 0 unspecified atom stereocenters. The van der Waals surface area contributed by atoms with E-state index in [1.165, 1.54) is 6.20 Å². The molecular formula is C11H11N3. The van der Waals surface area contributed by atoms with Crippen LogP contribution in [0.1, 0.15) is 5.56 Å². The lowest BCUT2D eigenvalue weighted by Crippen LogP contribution is -2.19. The molecule has 2 N–H and O–H groups in total. The Hall–Kier alpha value is -2.03. The Morgan fingerprint density at radius 1 is 1.36 bits per heavy atom. The SMILES string of the molecule is C=CN1/C(=C\N)N=Cc2ccccc21. The molecule has 0 fully saturated rings. The van der Waals surface area contributed by atoms with Gasteiger partial charge in [-0.2, -0.15) is 0 Å². The molecule has 0 saturated carbocycles. The predicted octanol–water partition coefficient (Wildman–Crippen LogP) is 1.83. The molecule has 3 nitrogen and oxygen atoms in total. The van der Waals surface area contributed by atoms with Crippen molar-refractivity contribution in [2.45, 2.75) is 0 Å². The fourth-order valence-corrected chi connectivity index (χ4v) is 1.45. The molecule has 3 heteroatoms. The number of benzene rings is 1. The molecule has 1 aromatic rings. The van der Waals surface area contributed by atoms with Gasteiger partial charge in [0.15, 0.2) is 5.82 Å². The van der Waals surface area contributed by atoms with E-state index in [2.05, 4.69) is 11.6 Å². The summed E-state index contributed by atoms with van der Waals surface area (Å²) >= 11 is 0. The minimum atomic E-state index is 0.693. The molecule has 0 amide bonds. The van der Waals surface area contributed by atoms with Crippen LogP contribution < -0.4 is 10.6 Å². The molecule has 14 heavy (non-hydrogen) atoms. The second kappa shape index (κ2) is 3.38. The van der Waals surface area contributed by atoms with Crippen LogP contribution in [0.3, 0.4) is 0 Å². The summed E-state index contributed by atoms with van der Waals surface area (Å²) in [6.07, 6.45) is 4.97. The molecule has 0 spiro atoms. The number of fused-ring (bicyclic) bond motifs is 1. The van der Waals surface area contributed by atoms with Crippen molar-refractivity contribution >= 4 is 11.9 Å². The largest absolute Gasteiger partial charge is 0.402 e. The minimum Gasteiger partial charge on any atom is -0.402 e. The van der Waals surface area contributed by atoms with Gasteiger partial charge in [0.05, 0.1) is 5.69 Å². The number of anilines is 1. The van der Waals surface area contributed by atoms with E-state index in [0.717, 1.165) is 11.3 Å². The number of hydrogen-bond acceptors (Lipinski definition) is 3. The monoisotopic (exact) mass is 185 g/mol. The number of rotatable bonds is 1. The molecule has 0 radical (unpaired) electrons. The van der Waals surface area contributed by atoms with E-state index in [4.69, 9.17) is 5.73 Å². The molecule has 70 valence electrons. The maximum Gasteiger partial charge on any atom is 0.152 e. The third-order valence-corrected chi connectivity index (χ3v) is 2.11. The Kier molecular flexibility index (Phi) is 2.07. The van der Waals surface area contributed by atoms with Crippen molar-refractivity contribution in [2.75, 3.05) is 4.90 Å². The highest BCUT2D eigenvalue weighted by Gasteiger charge is 2.14. The second-order valence-electron chi connectivity index (χ2n) is 2.89. The fourth-order valence-electron chi connectivity index (χ4n) is 1.45. The Morgan fingerprint density at radius 3 is 2.86 bits per heavy atom. The van der Waals surface area contributed by atoms with Gasteiger partial charge < -0.3 is 10.6 Å². The number of aliphatic imine (C=N–C) groups is 1. The molecule has 0 aliphatic carbocycles. The first kappa shape index (κ1) is 8.56. The Labute approximate surface area is 82.9 Å². The van der Waals surface area contributed by atoms with Crippen LogP contribution in [-0.4, -0.2) is 6.21 Å². The summed E-state index contributed by atoms with van der Waals surface area (Å²) in [4.78, 5) is 6.06. The fraction of sp³-hybridized carbons (Fsp3) is 0. The molecule has 0 aromatic heterocycles. The standard InChI is InChI=1S/C11H11N3/c1-2-14-10-6-4-3-5-9(10)8-13-11(14)7-12/h2-8H,1,12H2/b11-7-. The van der Waals surface area contributed by atoms with Crippen LogP contribution >= 0.6 is 0 Å². The van der Waals surface area contributed by atoms with Crippen molar-refractivity contribution in [3.63, 3.8) is 0 Å². The van der Waals surface area contributed by atoms with Crippen molar-refractivity contribution in [1.29, 1.82) is 0 Å². The van der Waals surface area contributed by atoms with Gasteiger partial charge in [-0.25, -0.2) is 4.99 Å². The zero-order valence-corrected chi connectivity index (χ0v) is 7.72. The van der Waals surface area contributed by atoms with E-state index in [1.54, 1.807) is 12.4 Å². The van der Waals surface area contributed by atoms with E-state index in [1.807, 2.05) is 29.2 Å². The lowest BCUT2D eigenvalue weighted by molar-refractivity contribution is 1.09. The van der Waals surface area contributed by atoms with Gasteiger partial charge in [0.2, 0.25) is 0 Å². The number of para-hydroxylation sites is 1. The van der Waals surface area contributed by atoms with Gasteiger partial charge in [-0.15, -0.1) is 0 Å². The van der Waals surface area contributed by atoms with Gasteiger partial charge in [-0.3, -0.25) is 0 Å². The molecule has 0 saturated heterocycles. The summed E-state index contributed by atoms with van der Waals surface area (Å²) in [5.41, 5.74) is 7.58. The van der Waals surface area contributed by atoms with Gasteiger partial charge in [0.25, 0.3) is 0 Å². The third kappa shape index (κ3) is 1.19. The maximum absolute atomic E-state index is 5.46. The van der Waals surface area contributed by atoms with E-state index < -0.39 is 0 Å². The lowest BCUT2D eigenvalue weighted by Gasteiger charge is -2.24. The minimum absolute atomic E-state index is 0.693. The highest BCUT2D eigenvalue weighted by molar-refractivity contribution is 5.92. The molecule has 0 atom stereocenters. The van der Waals surface area contributed by atoms with Gasteiger partial charge in [-0.1, -0.05) is 24.8 Å². The van der Waals surface area contributed by atoms with Crippen LogP contribution in [0.25, 0.3) is 0 Å². The molecule has 1 aliphatic rings. The average molecular weight is 185 g/mol. The van der Waals surface area contributed by atoms with E-state index >= 15 is 0 Å². The molecule has 2 rings (SSSR count). The number of hydrogen-bond donors (Lipinski definition) is 1. The second-order valence-corrected chi connectivity index (χ2v) is 2.89. The first-order chi connectivity index (χ1) is 6.86. The smallest absolute Gasteiger partial charge is 0.152 e. The predicted molar refractivity (Wildman–Crippen MR) is 59.0 cm³/mol.